The third kappa shape index (κ3) is 3.61. The number of hydrogen-bond acceptors (Lipinski definition) is 5. The Morgan fingerprint density at radius 1 is 1.11 bits per heavy atom. The summed E-state index contributed by atoms with van der Waals surface area (Å²) in [6.07, 6.45) is 7.19. The van der Waals surface area contributed by atoms with Crippen LogP contribution in [0.2, 0.25) is 0 Å². The second-order valence-electron chi connectivity index (χ2n) is 6.71. The van der Waals surface area contributed by atoms with Gasteiger partial charge in [0, 0.05) is 56.4 Å². The van der Waals surface area contributed by atoms with E-state index in [2.05, 4.69) is 15.2 Å². The quantitative estimate of drug-likeness (QED) is 0.903. The van der Waals surface area contributed by atoms with E-state index in [1.165, 1.54) is 18.2 Å². The molecule has 5 nitrogen and oxygen atoms in total. The van der Waals surface area contributed by atoms with Gasteiger partial charge in [-0.2, -0.15) is 0 Å². The third-order valence-corrected chi connectivity index (χ3v) is 4.94. The zero-order chi connectivity index (χ0) is 18.8. The van der Waals surface area contributed by atoms with Crippen molar-refractivity contribution in [2.45, 2.75) is 12.3 Å². The number of hydrogen-bond donors (Lipinski definition) is 1. The summed E-state index contributed by atoms with van der Waals surface area (Å²) < 4.78 is 28.4. The number of aliphatic imine (C=N–C) groups is 1. The molecule has 1 aromatic heterocycles. The molecule has 2 aliphatic heterocycles. The summed E-state index contributed by atoms with van der Waals surface area (Å²) in [5.41, 5.74) is 1.95. The number of halogens is 2. The van der Waals surface area contributed by atoms with Crippen LogP contribution in [0.4, 0.5) is 8.78 Å². The Kier molecular flexibility index (Phi) is 4.96. The van der Waals surface area contributed by atoms with E-state index in [9.17, 15) is 8.78 Å². The van der Waals surface area contributed by atoms with E-state index < -0.39 is 17.7 Å². The molecule has 0 saturated carbocycles. The molecule has 0 amide bonds. The first kappa shape index (κ1) is 17.8. The molecule has 4 rings (SSSR count). The van der Waals surface area contributed by atoms with Crippen molar-refractivity contribution in [1.29, 1.82) is 0 Å². The van der Waals surface area contributed by atoms with Crippen LogP contribution in [-0.4, -0.2) is 53.5 Å². The second kappa shape index (κ2) is 7.54. The topological polar surface area (TPSA) is 43.8 Å². The summed E-state index contributed by atoms with van der Waals surface area (Å²) in [6, 6.07) is 7.41. The smallest absolute Gasteiger partial charge is 0.178 e. The highest BCUT2D eigenvalue weighted by Gasteiger charge is 2.31. The van der Waals surface area contributed by atoms with Crippen LogP contribution >= 0.6 is 0 Å². The number of nitrogens with one attached hydrogen (secondary N) is 1. The lowest BCUT2D eigenvalue weighted by atomic mass is 10.0. The van der Waals surface area contributed by atoms with Gasteiger partial charge in [-0.15, -0.1) is 0 Å². The van der Waals surface area contributed by atoms with Crippen molar-refractivity contribution in [2.75, 3.05) is 26.7 Å². The Morgan fingerprint density at radius 2 is 1.85 bits per heavy atom. The fraction of sp³-hybridized carbons (Fsp3) is 0.300. The lowest BCUT2D eigenvalue weighted by Gasteiger charge is -2.41. The van der Waals surface area contributed by atoms with Crippen molar-refractivity contribution in [3.63, 3.8) is 0 Å². The van der Waals surface area contributed by atoms with Gasteiger partial charge in [0.05, 0.1) is 11.8 Å². The minimum atomic E-state index is -0.521. The fourth-order valence-electron chi connectivity index (χ4n) is 3.58. The minimum Gasteiger partial charge on any atom is -0.347 e. The molecule has 1 aromatic carbocycles. The van der Waals surface area contributed by atoms with Crippen LogP contribution in [0.15, 0.2) is 60.0 Å². The van der Waals surface area contributed by atoms with E-state index in [1.54, 1.807) is 12.4 Å². The number of pyridine rings is 1. The average Bonchev–Trinajstić information content (AvgIpc) is 2.69. The summed E-state index contributed by atoms with van der Waals surface area (Å²) >= 11 is 0. The van der Waals surface area contributed by atoms with Gasteiger partial charge >= 0.3 is 0 Å². The third-order valence-electron chi connectivity index (χ3n) is 4.94. The number of allylic oxidation sites excluding steroid dienone is 1. The maximum atomic E-state index is 14.2. The van der Waals surface area contributed by atoms with Gasteiger partial charge in [-0.1, -0.05) is 6.07 Å². The largest absolute Gasteiger partial charge is 0.347 e. The van der Waals surface area contributed by atoms with Crippen LogP contribution < -0.4 is 5.32 Å². The number of piperazine rings is 1. The lowest BCUT2D eigenvalue weighted by Crippen LogP contribution is -2.54. The maximum absolute atomic E-state index is 14.2. The lowest BCUT2D eigenvalue weighted by molar-refractivity contribution is 0.0671. The second-order valence-corrected chi connectivity index (χ2v) is 6.71. The molecule has 0 radical (unpaired) electrons. The van der Waals surface area contributed by atoms with Gasteiger partial charge in [0.2, 0.25) is 0 Å². The van der Waals surface area contributed by atoms with Crippen LogP contribution in [-0.2, 0) is 0 Å². The van der Waals surface area contributed by atoms with E-state index in [1.807, 2.05) is 36.4 Å². The molecule has 0 bridgehead atoms. The SMILES string of the molecule is CN1C=CC(c2ccncc2)=NC1N1CCNC(c2c(F)cccc2F)C1. The molecule has 3 heterocycles. The summed E-state index contributed by atoms with van der Waals surface area (Å²) in [6.45, 7) is 1.84. The zero-order valence-electron chi connectivity index (χ0n) is 15.0. The molecular formula is C20H21F2N5. The molecular weight excluding hydrogens is 348 g/mol. The molecule has 2 atom stereocenters. The van der Waals surface area contributed by atoms with Crippen LogP contribution in [0.5, 0.6) is 0 Å². The van der Waals surface area contributed by atoms with Gasteiger partial charge in [-0.3, -0.25) is 9.88 Å². The van der Waals surface area contributed by atoms with E-state index in [0.29, 0.717) is 13.1 Å². The number of benzene rings is 1. The molecule has 2 aliphatic rings. The Hall–Kier alpha value is -2.64. The van der Waals surface area contributed by atoms with Gasteiger partial charge in [0.15, 0.2) is 6.29 Å². The van der Waals surface area contributed by atoms with Crippen molar-refractivity contribution in [1.82, 2.24) is 20.1 Å². The predicted molar refractivity (Wildman–Crippen MR) is 100 cm³/mol. The monoisotopic (exact) mass is 369 g/mol. The van der Waals surface area contributed by atoms with Crippen LogP contribution in [0.3, 0.4) is 0 Å². The standard InChI is InChI=1S/C20H21F2N5/c1-26-11-7-17(14-5-8-23-9-6-14)25-20(26)27-12-10-24-18(13-27)19-15(21)3-2-4-16(19)22/h2-9,11,18,20,24H,10,12-13H2,1H3. The Balaban J connectivity index is 1.59. The van der Waals surface area contributed by atoms with Crippen molar-refractivity contribution in [3.05, 3.63) is 77.8 Å². The molecule has 2 aromatic rings. The average molecular weight is 369 g/mol. The predicted octanol–water partition coefficient (Wildman–Crippen LogP) is 2.54. The molecule has 27 heavy (non-hydrogen) atoms. The first-order valence-corrected chi connectivity index (χ1v) is 8.93. The molecule has 1 fully saturated rings. The van der Waals surface area contributed by atoms with Crippen LogP contribution in [0.1, 0.15) is 17.2 Å². The first-order chi connectivity index (χ1) is 13.1. The van der Waals surface area contributed by atoms with Gasteiger partial charge in [-0.25, -0.2) is 13.8 Å². The summed E-state index contributed by atoms with van der Waals surface area (Å²) in [4.78, 5) is 13.1. The zero-order valence-corrected chi connectivity index (χ0v) is 15.0. The van der Waals surface area contributed by atoms with Gasteiger partial charge in [-0.05, 0) is 30.3 Å². The number of aromatic nitrogens is 1. The van der Waals surface area contributed by atoms with Crippen LogP contribution in [0.25, 0.3) is 0 Å². The van der Waals surface area contributed by atoms with Crippen molar-refractivity contribution in [2.24, 2.45) is 4.99 Å². The summed E-state index contributed by atoms with van der Waals surface area (Å²) in [7, 11) is 1.95. The highest BCUT2D eigenvalue weighted by atomic mass is 19.1. The van der Waals surface area contributed by atoms with E-state index in [0.717, 1.165) is 17.8 Å². The number of nitrogens with zero attached hydrogens (tertiary/aromatic N) is 4. The highest BCUT2D eigenvalue weighted by Crippen LogP contribution is 2.26. The first-order valence-electron chi connectivity index (χ1n) is 8.93. The molecule has 0 spiro atoms. The van der Waals surface area contributed by atoms with Gasteiger partial charge in [0.1, 0.15) is 11.6 Å². The summed E-state index contributed by atoms with van der Waals surface area (Å²) in [5, 5.41) is 3.23. The highest BCUT2D eigenvalue weighted by molar-refractivity contribution is 6.08. The summed E-state index contributed by atoms with van der Waals surface area (Å²) in [5.74, 6) is -1.04. The number of rotatable bonds is 3. The normalized spacial score (nSPS) is 23.4. The molecule has 2 unspecified atom stereocenters. The Labute approximate surface area is 157 Å². The Bertz CT molecular complexity index is 848. The molecule has 7 heteroatoms. The van der Waals surface area contributed by atoms with Crippen LogP contribution in [0, 0.1) is 11.6 Å². The van der Waals surface area contributed by atoms with E-state index in [4.69, 9.17) is 4.99 Å². The van der Waals surface area contributed by atoms with E-state index in [-0.39, 0.29) is 11.9 Å². The van der Waals surface area contributed by atoms with Crippen molar-refractivity contribution in [3.8, 4) is 0 Å². The fourth-order valence-corrected chi connectivity index (χ4v) is 3.58. The van der Waals surface area contributed by atoms with Gasteiger partial charge < -0.3 is 10.2 Å². The maximum Gasteiger partial charge on any atom is 0.178 e. The molecule has 140 valence electrons. The molecule has 1 saturated heterocycles. The van der Waals surface area contributed by atoms with Crippen molar-refractivity contribution >= 4 is 5.71 Å². The van der Waals surface area contributed by atoms with Crippen molar-refractivity contribution < 1.29 is 8.78 Å². The van der Waals surface area contributed by atoms with Gasteiger partial charge in [0.25, 0.3) is 0 Å². The minimum absolute atomic E-state index is 0.0922. The Morgan fingerprint density at radius 3 is 2.59 bits per heavy atom. The van der Waals surface area contributed by atoms with E-state index >= 15 is 0 Å². The molecule has 0 aliphatic carbocycles. The molecule has 1 N–H and O–H groups in total.